The van der Waals surface area contributed by atoms with Gasteiger partial charge >= 0.3 is 18.0 Å². The molecule has 0 unspecified atom stereocenters. The number of carbonyl (C=O) groups is 3. The van der Waals surface area contributed by atoms with Crippen molar-refractivity contribution in [1.82, 2.24) is 30.6 Å². The van der Waals surface area contributed by atoms with Crippen LogP contribution in [0.3, 0.4) is 0 Å². The molecular formula is C25H26ClFN6O7. The van der Waals surface area contributed by atoms with Crippen molar-refractivity contribution in [2.24, 2.45) is 0 Å². The zero-order valence-electron chi connectivity index (χ0n) is 21.3. The molecule has 1 aromatic heterocycles. The number of nitrogens with zero attached hydrogens (tertiary/aromatic N) is 5. The van der Waals surface area contributed by atoms with Gasteiger partial charge in [0.2, 0.25) is 12.6 Å². The highest BCUT2D eigenvalue weighted by molar-refractivity contribution is 6.30. The first-order valence-corrected chi connectivity index (χ1v) is 12.2. The number of hydrogen-bond donors (Lipinski definition) is 2. The fourth-order valence-corrected chi connectivity index (χ4v) is 3.53. The summed E-state index contributed by atoms with van der Waals surface area (Å²) in [6, 6.07) is 10.9. The van der Waals surface area contributed by atoms with Crippen molar-refractivity contribution in [1.29, 1.82) is 0 Å². The Morgan fingerprint density at radius 2 is 1.95 bits per heavy atom. The highest BCUT2D eigenvalue weighted by atomic mass is 35.5. The largest absolute Gasteiger partial charge is 0.511 e. The number of amides is 1. The molecule has 0 aliphatic rings. The summed E-state index contributed by atoms with van der Waals surface area (Å²) in [6.45, 7) is 4.16. The molecule has 0 saturated heterocycles. The molecule has 15 heteroatoms. The fourth-order valence-electron chi connectivity index (χ4n) is 3.36. The number of ether oxygens (including phenoxy) is 3. The van der Waals surface area contributed by atoms with Crippen LogP contribution >= 0.6 is 11.6 Å². The number of halogens is 2. The minimum atomic E-state index is -1.75. The fraction of sp³-hybridized carbons (Fsp3) is 0.280. The first-order chi connectivity index (χ1) is 19.2. The molecule has 0 saturated carbocycles. The molecule has 1 amide bonds. The van der Waals surface area contributed by atoms with Crippen molar-refractivity contribution < 1.29 is 38.1 Å². The Balaban J connectivity index is 1.73. The molecule has 0 bridgehead atoms. The van der Waals surface area contributed by atoms with Gasteiger partial charge in [-0.15, -0.1) is 11.7 Å². The number of hydrazine groups is 1. The Kier molecular flexibility index (Phi) is 11.1. The summed E-state index contributed by atoms with van der Waals surface area (Å²) in [5, 5.41) is 22.9. The number of rotatable bonds is 13. The second-order valence-corrected chi connectivity index (χ2v) is 8.48. The van der Waals surface area contributed by atoms with E-state index in [9.17, 15) is 23.9 Å². The van der Waals surface area contributed by atoms with E-state index in [4.69, 9.17) is 16.3 Å². The summed E-state index contributed by atoms with van der Waals surface area (Å²) < 4.78 is 29.3. The van der Waals surface area contributed by atoms with E-state index in [-0.39, 0.29) is 25.5 Å². The van der Waals surface area contributed by atoms with Crippen LogP contribution in [-0.2, 0) is 32.1 Å². The van der Waals surface area contributed by atoms with E-state index < -0.39 is 43.3 Å². The molecule has 0 spiro atoms. The first kappa shape index (κ1) is 30.1. The summed E-state index contributed by atoms with van der Waals surface area (Å²) >= 11 is 6.00. The maximum absolute atomic E-state index is 14.3. The normalized spacial score (nSPS) is 11.5. The predicted molar refractivity (Wildman–Crippen MR) is 138 cm³/mol. The van der Waals surface area contributed by atoms with Gasteiger partial charge in [-0.05, 0) is 46.7 Å². The van der Waals surface area contributed by atoms with E-state index in [1.54, 1.807) is 31.2 Å². The Labute approximate surface area is 233 Å². The van der Waals surface area contributed by atoms with Gasteiger partial charge in [0.15, 0.2) is 6.10 Å². The third-order valence-corrected chi connectivity index (χ3v) is 5.40. The summed E-state index contributed by atoms with van der Waals surface area (Å²) in [7, 11) is 0. The van der Waals surface area contributed by atoms with Crippen LogP contribution < -0.4 is 5.43 Å². The number of hydrogen-bond acceptors (Lipinski definition) is 11. The number of carbonyl (C=O) groups excluding carboxylic acids is 3. The summed E-state index contributed by atoms with van der Waals surface area (Å²) in [5.41, 5.74) is 4.05. The quantitative estimate of drug-likeness (QED) is 0.133. The summed E-state index contributed by atoms with van der Waals surface area (Å²) in [6.07, 6.45) is -1.31. The van der Waals surface area contributed by atoms with Crippen LogP contribution in [0.1, 0.15) is 23.1 Å². The molecule has 2 aromatic carbocycles. The van der Waals surface area contributed by atoms with Crippen molar-refractivity contribution >= 4 is 29.6 Å². The number of esters is 1. The Morgan fingerprint density at radius 1 is 1.20 bits per heavy atom. The minimum Gasteiger partial charge on any atom is -0.435 e. The number of aliphatic hydroxyl groups is 1. The predicted octanol–water partition coefficient (Wildman–Crippen LogP) is 2.50. The van der Waals surface area contributed by atoms with Crippen molar-refractivity contribution in [3.63, 3.8) is 0 Å². The van der Waals surface area contributed by atoms with Gasteiger partial charge in [-0.3, -0.25) is 10.2 Å². The molecule has 2 N–H and O–H groups in total. The molecule has 40 heavy (non-hydrogen) atoms. The first-order valence-electron chi connectivity index (χ1n) is 11.8. The molecule has 0 radical (unpaired) electrons. The van der Waals surface area contributed by atoms with Crippen LogP contribution in [0.5, 0.6) is 0 Å². The zero-order chi connectivity index (χ0) is 29.1. The third-order valence-electron chi connectivity index (χ3n) is 5.17. The van der Waals surface area contributed by atoms with Crippen LogP contribution in [-0.4, -0.2) is 74.4 Å². The van der Waals surface area contributed by atoms with Gasteiger partial charge in [-0.2, -0.15) is 0 Å². The van der Waals surface area contributed by atoms with Crippen LogP contribution in [0.25, 0.3) is 11.1 Å². The number of aliphatic hydroxyl groups excluding tert-OH is 1. The standard InChI is InChI=1S/C25H26ClFN6O7/c1-3-11-33-22(28-30-31-33)23(35)29-32(14-21(34)24(36)39-15-40-25(37)38-4-2)13-16-5-7-17(8-6-16)19-12-18(26)9-10-20(19)27/h3,5-10,12,21,34H,1,4,11,13-15H2,2H3,(H,29,35)/t21-/m1/s1. The van der Waals surface area contributed by atoms with Gasteiger partial charge in [0.1, 0.15) is 5.82 Å². The van der Waals surface area contributed by atoms with Crippen LogP contribution in [0.4, 0.5) is 9.18 Å². The molecule has 212 valence electrons. The Bertz CT molecular complexity index is 1340. The van der Waals surface area contributed by atoms with Gasteiger partial charge < -0.3 is 19.3 Å². The Hall–Kier alpha value is -4.40. The van der Waals surface area contributed by atoms with E-state index in [1.807, 2.05) is 0 Å². The zero-order valence-corrected chi connectivity index (χ0v) is 22.1. The van der Waals surface area contributed by atoms with Crippen LogP contribution in [0.15, 0.2) is 55.1 Å². The second-order valence-electron chi connectivity index (χ2n) is 8.04. The molecular weight excluding hydrogens is 551 g/mol. The molecule has 3 aromatic rings. The number of benzene rings is 2. The molecule has 1 heterocycles. The van der Waals surface area contributed by atoms with Crippen molar-refractivity contribution in [2.45, 2.75) is 26.1 Å². The molecule has 0 fully saturated rings. The Morgan fingerprint density at radius 3 is 2.65 bits per heavy atom. The smallest absolute Gasteiger partial charge is 0.435 e. The summed E-state index contributed by atoms with van der Waals surface area (Å²) in [5.74, 6) is -2.43. The third kappa shape index (κ3) is 8.56. The SMILES string of the molecule is C=CCn1nnnc1C(=O)NN(Cc1ccc(-c2cc(Cl)ccc2F)cc1)C[C@@H](O)C(=O)OCOC(=O)OCC. The minimum absolute atomic E-state index is 0.00324. The monoisotopic (exact) mass is 576 g/mol. The lowest BCUT2D eigenvalue weighted by molar-refractivity contribution is -0.164. The van der Waals surface area contributed by atoms with E-state index >= 15 is 0 Å². The average Bonchev–Trinajstić information content (AvgIpc) is 3.39. The number of tetrazole rings is 1. The van der Waals surface area contributed by atoms with E-state index in [0.29, 0.717) is 21.7 Å². The van der Waals surface area contributed by atoms with Gasteiger partial charge in [0.05, 0.1) is 19.7 Å². The number of nitrogens with one attached hydrogen (secondary N) is 1. The molecule has 3 rings (SSSR count). The van der Waals surface area contributed by atoms with Crippen LogP contribution in [0, 0.1) is 5.82 Å². The van der Waals surface area contributed by atoms with Gasteiger partial charge in [-0.1, -0.05) is 41.9 Å². The molecule has 13 nitrogen and oxygen atoms in total. The van der Waals surface area contributed by atoms with Gasteiger partial charge in [0, 0.05) is 17.1 Å². The number of aromatic nitrogens is 4. The van der Waals surface area contributed by atoms with Crippen LogP contribution in [0.2, 0.25) is 5.02 Å². The molecule has 0 aliphatic carbocycles. The lowest BCUT2D eigenvalue weighted by atomic mass is 10.0. The summed E-state index contributed by atoms with van der Waals surface area (Å²) in [4.78, 5) is 36.4. The van der Waals surface area contributed by atoms with E-state index in [0.717, 1.165) is 0 Å². The molecule has 0 aliphatic heterocycles. The van der Waals surface area contributed by atoms with Crippen molar-refractivity contribution in [2.75, 3.05) is 19.9 Å². The highest BCUT2D eigenvalue weighted by Gasteiger charge is 2.25. The second kappa shape index (κ2) is 14.7. The lowest BCUT2D eigenvalue weighted by Gasteiger charge is -2.25. The number of allylic oxidation sites excluding steroid dienone is 1. The topological polar surface area (TPSA) is 158 Å². The van der Waals surface area contributed by atoms with E-state index in [2.05, 4.69) is 37.0 Å². The molecule has 1 atom stereocenters. The van der Waals surface area contributed by atoms with Crippen molar-refractivity contribution in [3.8, 4) is 11.1 Å². The average molecular weight is 577 g/mol. The van der Waals surface area contributed by atoms with E-state index in [1.165, 1.54) is 34.0 Å². The lowest BCUT2D eigenvalue weighted by Crippen LogP contribution is -2.48. The maximum atomic E-state index is 14.3. The van der Waals surface area contributed by atoms with Crippen molar-refractivity contribution in [3.05, 3.63) is 77.3 Å². The van der Waals surface area contributed by atoms with Gasteiger partial charge in [0.25, 0.3) is 0 Å². The highest BCUT2D eigenvalue weighted by Crippen LogP contribution is 2.26. The maximum Gasteiger partial charge on any atom is 0.511 e. The van der Waals surface area contributed by atoms with Gasteiger partial charge in [-0.25, -0.2) is 23.7 Å².